The summed E-state index contributed by atoms with van der Waals surface area (Å²) in [4.78, 5) is 0. The molecule has 0 fully saturated rings. The standard InChI is InChI=1S/C3H8NO3S/c1-8(6,7)4-2-3-5/h5H,2-3H2,1H3. The fourth-order valence-electron chi connectivity index (χ4n) is 0.207. The van der Waals surface area contributed by atoms with Gasteiger partial charge in [-0.05, 0) is 0 Å². The number of hydrogen-bond donors (Lipinski definition) is 1. The summed E-state index contributed by atoms with van der Waals surface area (Å²) >= 11 is 0. The highest BCUT2D eigenvalue weighted by atomic mass is 32.2. The van der Waals surface area contributed by atoms with Crippen molar-refractivity contribution >= 4 is 10.0 Å². The van der Waals surface area contributed by atoms with Crippen molar-refractivity contribution in [1.29, 1.82) is 0 Å². The van der Waals surface area contributed by atoms with Crippen LogP contribution in [0.3, 0.4) is 0 Å². The molecule has 0 aliphatic rings. The molecule has 0 amide bonds. The van der Waals surface area contributed by atoms with Crippen molar-refractivity contribution in [2.24, 2.45) is 0 Å². The van der Waals surface area contributed by atoms with Gasteiger partial charge in [0.1, 0.15) is 0 Å². The molecule has 0 aromatic carbocycles. The smallest absolute Gasteiger partial charge is 0.225 e. The highest BCUT2D eigenvalue weighted by Gasteiger charge is 1.98. The average Bonchev–Trinajstić information content (AvgIpc) is 1.59. The molecule has 0 heterocycles. The zero-order valence-corrected chi connectivity index (χ0v) is 5.35. The molecule has 0 saturated carbocycles. The summed E-state index contributed by atoms with van der Waals surface area (Å²) in [6.45, 7) is -0.244. The van der Waals surface area contributed by atoms with E-state index >= 15 is 0 Å². The number of sulfonamides is 1. The molecular weight excluding hydrogens is 130 g/mol. The van der Waals surface area contributed by atoms with Gasteiger partial charge in [-0.3, -0.25) is 0 Å². The first-order chi connectivity index (χ1) is 3.56. The minimum atomic E-state index is -3.22. The lowest BCUT2D eigenvalue weighted by Crippen LogP contribution is -2.17. The Kier molecular flexibility index (Phi) is 2.96. The molecular formula is C3H8NO3S. The maximum absolute atomic E-state index is 10.1. The van der Waals surface area contributed by atoms with Gasteiger partial charge in [0, 0.05) is 0 Å². The van der Waals surface area contributed by atoms with Crippen molar-refractivity contribution in [3.63, 3.8) is 0 Å². The van der Waals surface area contributed by atoms with Crippen molar-refractivity contribution in [3.8, 4) is 0 Å². The van der Waals surface area contributed by atoms with Crippen LogP contribution in [0, 0.1) is 0 Å². The third-order valence-electron chi connectivity index (χ3n) is 0.426. The summed E-state index contributed by atoms with van der Waals surface area (Å²) in [5.41, 5.74) is 0. The van der Waals surface area contributed by atoms with Crippen LogP contribution >= 0.6 is 0 Å². The molecule has 1 N–H and O–H groups in total. The van der Waals surface area contributed by atoms with E-state index in [-0.39, 0.29) is 13.2 Å². The molecule has 0 unspecified atom stereocenters. The van der Waals surface area contributed by atoms with Crippen LogP contribution < -0.4 is 4.72 Å². The van der Waals surface area contributed by atoms with Crippen molar-refractivity contribution in [2.45, 2.75) is 0 Å². The zero-order valence-electron chi connectivity index (χ0n) is 4.53. The third-order valence-corrected chi connectivity index (χ3v) is 1.08. The fourth-order valence-corrected chi connectivity index (χ4v) is 0.620. The third kappa shape index (κ3) is 5.87. The summed E-state index contributed by atoms with van der Waals surface area (Å²) in [7, 11) is -3.22. The molecule has 0 aliphatic carbocycles. The van der Waals surface area contributed by atoms with Crippen molar-refractivity contribution in [2.75, 3.05) is 19.4 Å². The summed E-state index contributed by atoms with van der Waals surface area (Å²) in [6, 6.07) is 0. The molecule has 0 aromatic rings. The Morgan fingerprint density at radius 1 is 1.62 bits per heavy atom. The van der Waals surface area contributed by atoms with Gasteiger partial charge in [0.2, 0.25) is 10.0 Å². The predicted octanol–water partition coefficient (Wildman–Crippen LogP) is -1.46. The summed E-state index contributed by atoms with van der Waals surface area (Å²) in [5, 5.41) is 8.07. The van der Waals surface area contributed by atoms with Gasteiger partial charge in [-0.15, -0.1) is 4.72 Å². The quantitative estimate of drug-likeness (QED) is 0.518. The highest BCUT2D eigenvalue weighted by molar-refractivity contribution is 7.88. The number of rotatable bonds is 3. The van der Waals surface area contributed by atoms with E-state index in [1.54, 1.807) is 0 Å². The number of aliphatic hydroxyl groups excluding tert-OH is 1. The minimum Gasteiger partial charge on any atom is -0.395 e. The second-order valence-corrected chi connectivity index (χ2v) is 3.03. The first-order valence-electron chi connectivity index (χ1n) is 2.06. The van der Waals surface area contributed by atoms with Crippen LogP contribution in [0.5, 0.6) is 0 Å². The van der Waals surface area contributed by atoms with Gasteiger partial charge < -0.3 is 5.11 Å². The highest BCUT2D eigenvalue weighted by Crippen LogP contribution is 1.73. The number of hydrogen-bond acceptors (Lipinski definition) is 3. The van der Waals surface area contributed by atoms with E-state index in [1.165, 1.54) is 0 Å². The Bertz CT molecular complexity index is 139. The monoisotopic (exact) mass is 138 g/mol. The van der Waals surface area contributed by atoms with Crippen LogP contribution in [0.4, 0.5) is 0 Å². The van der Waals surface area contributed by atoms with Crippen molar-refractivity contribution in [1.82, 2.24) is 4.72 Å². The molecule has 1 radical (unpaired) electrons. The largest absolute Gasteiger partial charge is 0.395 e. The summed E-state index contributed by atoms with van der Waals surface area (Å²) < 4.78 is 23.3. The molecule has 0 atom stereocenters. The van der Waals surface area contributed by atoms with Crippen LogP contribution in [-0.2, 0) is 10.0 Å². The molecule has 0 spiro atoms. The lowest BCUT2D eigenvalue weighted by Gasteiger charge is -1.91. The minimum absolute atomic E-state index is 0.0289. The van der Waals surface area contributed by atoms with E-state index in [1.807, 2.05) is 0 Å². The van der Waals surface area contributed by atoms with Gasteiger partial charge in [-0.1, -0.05) is 0 Å². The van der Waals surface area contributed by atoms with Crippen molar-refractivity contribution < 1.29 is 13.5 Å². The van der Waals surface area contributed by atoms with E-state index in [0.717, 1.165) is 6.26 Å². The predicted molar refractivity (Wildman–Crippen MR) is 28.9 cm³/mol. The van der Waals surface area contributed by atoms with E-state index in [0.29, 0.717) is 0 Å². The second-order valence-electron chi connectivity index (χ2n) is 1.31. The van der Waals surface area contributed by atoms with Gasteiger partial charge >= 0.3 is 0 Å². The molecule has 0 aromatic heterocycles. The first kappa shape index (κ1) is 7.87. The van der Waals surface area contributed by atoms with Crippen LogP contribution in [0.15, 0.2) is 0 Å². The zero-order chi connectivity index (χ0) is 6.62. The molecule has 8 heavy (non-hydrogen) atoms. The van der Waals surface area contributed by atoms with Crippen LogP contribution in [0.1, 0.15) is 0 Å². The Labute approximate surface area is 48.6 Å². The molecule has 0 rings (SSSR count). The van der Waals surface area contributed by atoms with E-state index < -0.39 is 10.0 Å². The summed E-state index contributed by atoms with van der Waals surface area (Å²) in [5.74, 6) is 0. The molecule has 49 valence electrons. The van der Waals surface area contributed by atoms with E-state index in [2.05, 4.69) is 4.72 Å². The number of aliphatic hydroxyl groups is 1. The molecule has 5 heteroatoms. The van der Waals surface area contributed by atoms with Crippen LogP contribution in [-0.4, -0.2) is 32.9 Å². The Morgan fingerprint density at radius 3 is 2.25 bits per heavy atom. The van der Waals surface area contributed by atoms with Gasteiger partial charge in [0.25, 0.3) is 0 Å². The molecule has 0 saturated heterocycles. The lowest BCUT2D eigenvalue weighted by molar-refractivity contribution is 0.300. The Balaban J connectivity index is 3.42. The first-order valence-corrected chi connectivity index (χ1v) is 3.90. The normalized spacial score (nSPS) is 11.8. The second kappa shape index (κ2) is 3.01. The van der Waals surface area contributed by atoms with E-state index in [4.69, 9.17) is 5.11 Å². The van der Waals surface area contributed by atoms with Gasteiger partial charge in [-0.2, -0.15) is 0 Å². The van der Waals surface area contributed by atoms with E-state index in [9.17, 15) is 8.42 Å². The Morgan fingerprint density at radius 2 is 2.12 bits per heavy atom. The van der Waals surface area contributed by atoms with Gasteiger partial charge in [-0.25, -0.2) is 8.42 Å². The summed E-state index contributed by atoms with van der Waals surface area (Å²) in [6.07, 6.45) is 0.989. The van der Waals surface area contributed by atoms with Gasteiger partial charge in [0.15, 0.2) is 0 Å². The van der Waals surface area contributed by atoms with Gasteiger partial charge in [0.05, 0.1) is 19.4 Å². The maximum Gasteiger partial charge on any atom is 0.225 e. The Hall–Kier alpha value is -0.130. The van der Waals surface area contributed by atoms with Crippen LogP contribution in [0.25, 0.3) is 0 Å². The fraction of sp³-hybridized carbons (Fsp3) is 1.00. The average molecular weight is 138 g/mol. The maximum atomic E-state index is 10.1. The molecule has 4 nitrogen and oxygen atoms in total. The molecule has 0 bridgehead atoms. The van der Waals surface area contributed by atoms with Crippen molar-refractivity contribution in [3.05, 3.63) is 0 Å². The van der Waals surface area contributed by atoms with Crippen LogP contribution in [0.2, 0.25) is 0 Å². The lowest BCUT2D eigenvalue weighted by atomic mass is 10.8. The number of nitrogens with zero attached hydrogens (tertiary/aromatic N) is 1. The molecule has 0 aliphatic heterocycles. The topological polar surface area (TPSA) is 68.5 Å². The SMILES string of the molecule is CS(=O)(=O)[N]CCO.